The van der Waals surface area contributed by atoms with Crippen LogP contribution >= 0.6 is 0 Å². The maximum Gasteiger partial charge on any atom is 0.227 e. The van der Waals surface area contributed by atoms with Crippen LogP contribution in [0.25, 0.3) is 44.1 Å². The zero-order chi connectivity index (χ0) is 41.0. The number of anilines is 6. The average Bonchev–Trinajstić information content (AvgIpc) is 3.88. The van der Waals surface area contributed by atoms with Crippen LogP contribution in [0.1, 0.15) is 55.7 Å². The van der Waals surface area contributed by atoms with Crippen molar-refractivity contribution in [1.29, 1.82) is 0 Å². The molecule has 2 aliphatic heterocycles. The van der Waals surface area contributed by atoms with Crippen molar-refractivity contribution in [3.63, 3.8) is 0 Å². The molecule has 0 bridgehead atoms. The van der Waals surface area contributed by atoms with Crippen LogP contribution < -0.4 is 19.6 Å². The lowest BCUT2D eigenvalue weighted by molar-refractivity contribution is 0.601. The molecule has 2 atom stereocenters. The van der Waals surface area contributed by atoms with Crippen LogP contribution in [0, 0.1) is 27.7 Å². The molecular formula is C44H44N8O2. The van der Waals surface area contributed by atoms with Gasteiger partial charge in [-0.2, -0.15) is 0 Å². The third-order valence-electron chi connectivity index (χ3n) is 10.6. The zero-order valence-corrected chi connectivity index (χ0v) is 31.6. The van der Waals surface area contributed by atoms with Crippen LogP contribution in [0.2, 0.25) is 0 Å². The lowest BCUT2D eigenvalue weighted by Crippen LogP contribution is -2.42. The number of aryl methyl sites for hydroxylation is 4. The summed E-state index contributed by atoms with van der Waals surface area (Å²) in [6.45, 7) is 13.5. The minimum absolute atomic E-state index is 0.0837. The van der Waals surface area contributed by atoms with Crippen molar-refractivity contribution in [3.05, 3.63) is 108 Å². The van der Waals surface area contributed by atoms with Gasteiger partial charge in [-0.1, -0.05) is 24.3 Å². The number of aromatic nitrogens is 4. The van der Waals surface area contributed by atoms with Crippen molar-refractivity contribution in [2.45, 2.75) is 73.7 Å². The predicted molar refractivity (Wildman–Crippen MR) is 220 cm³/mol. The van der Waals surface area contributed by atoms with Gasteiger partial charge in [0.1, 0.15) is 12.3 Å². The van der Waals surface area contributed by atoms with Gasteiger partial charge in [0, 0.05) is 62.4 Å². The fourth-order valence-electron chi connectivity index (χ4n) is 8.11. The van der Waals surface area contributed by atoms with Crippen molar-refractivity contribution < 1.29 is 14.3 Å². The summed E-state index contributed by atoms with van der Waals surface area (Å²) < 4.78 is 45.3. The largest absolute Gasteiger partial charge is 0.435 e. The molecule has 272 valence electrons. The number of rotatable bonds is 3. The van der Waals surface area contributed by atoms with E-state index < -0.39 is 19.2 Å². The highest BCUT2D eigenvalue weighted by atomic mass is 16.3. The molecule has 2 aliphatic rings. The molecule has 2 aromatic carbocycles. The summed E-state index contributed by atoms with van der Waals surface area (Å²) in [5, 5.41) is 3.94. The van der Waals surface area contributed by atoms with E-state index in [4.69, 9.17) is 19.3 Å². The minimum atomic E-state index is -2.29. The molecule has 10 nitrogen and oxygen atoms in total. The summed E-state index contributed by atoms with van der Waals surface area (Å²) >= 11 is 0. The first kappa shape index (κ1) is 29.3. The normalized spacial score (nSPS) is 18.1. The van der Waals surface area contributed by atoms with E-state index in [2.05, 4.69) is 56.8 Å². The molecule has 0 N–H and O–H groups in total. The molecule has 0 spiro atoms. The zero-order valence-electron chi connectivity index (χ0n) is 35.6. The maximum atomic E-state index is 8.71. The fraction of sp³-hybridized carbons (Fsp3) is 0.273. The van der Waals surface area contributed by atoms with Crippen molar-refractivity contribution in [2.75, 3.05) is 26.6 Å². The van der Waals surface area contributed by atoms with Gasteiger partial charge in [-0.15, -0.1) is 0 Å². The summed E-state index contributed by atoms with van der Waals surface area (Å²) in [6, 6.07) is 23.1. The van der Waals surface area contributed by atoms with Crippen molar-refractivity contribution >= 4 is 78.5 Å². The summed E-state index contributed by atoms with van der Waals surface area (Å²) in [6.07, 6.45) is 2.94. The lowest BCUT2D eigenvalue weighted by atomic mass is 10.1. The van der Waals surface area contributed by atoms with Gasteiger partial charge in [0.25, 0.3) is 0 Å². The maximum absolute atomic E-state index is 8.71. The SMILES string of the molecule is [2H]C(C)(C)N1c2cccnc2N(c2c(C)ccc3c2oc2nc(C)ccc23)C1C.[2H]C([2H])([2H])N1c2cccnc2N(c2c(C)ccc3c2oc2nc(C)ccc23)C1C. The highest BCUT2D eigenvalue weighted by Crippen LogP contribution is 2.49. The first-order valence-corrected chi connectivity index (χ1v) is 18.2. The monoisotopic (exact) mass is 720 g/mol. The van der Waals surface area contributed by atoms with Gasteiger partial charge in [-0.05, 0) is 115 Å². The van der Waals surface area contributed by atoms with Crippen LogP contribution in [0.3, 0.4) is 0 Å². The molecule has 0 amide bonds. The number of furan rings is 2. The summed E-state index contributed by atoms with van der Waals surface area (Å²) in [5.74, 6) is 1.46. The van der Waals surface area contributed by atoms with Gasteiger partial charge in [0.15, 0.2) is 22.8 Å². The molecule has 0 radical (unpaired) electrons. The predicted octanol–water partition coefficient (Wildman–Crippen LogP) is 10.6. The van der Waals surface area contributed by atoms with Gasteiger partial charge in [-0.25, -0.2) is 19.9 Å². The lowest BCUT2D eigenvalue weighted by Gasteiger charge is -2.33. The van der Waals surface area contributed by atoms with Crippen molar-refractivity contribution in [1.82, 2.24) is 19.9 Å². The Morgan fingerprint density at radius 2 is 1.11 bits per heavy atom. The molecule has 10 rings (SSSR count). The summed E-state index contributed by atoms with van der Waals surface area (Å²) in [7, 11) is 0. The highest BCUT2D eigenvalue weighted by Gasteiger charge is 2.39. The molecule has 10 heteroatoms. The van der Waals surface area contributed by atoms with E-state index in [9.17, 15) is 0 Å². The molecule has 2 unspecified atom stereocenters. The van der Waals surface area contributed by atoms with Crippen LogP contribution in [0.15, 0.2) is 94.0 Å². The molecule has 8 heterocycles. The number of hydrogen-bond acceptors (Lipinski definition) is 10. The second-order valence-electron chi connectivity index (χ2n) is 14.4. The third-order valence-corrected chi connectivity index (χ3v) is 10.6. The van der Waals surface area contributed by atoms with E-state index in [1.807, 2.05) is 88.9 Å². The quantitative estimate of drug-likeness (QED) is 0.176. The number of benzene rings is 2. The third kappa shape index (κ3) is 4.99. The molecule has 0 saturated carbocycles. The van der Waals surface area contributed by atoms with Gasteiger partial charge in [-0.3, -0.25) is 0 Å². The van der Waals surface area contributed by atoms with E-state index in [1.54, 1.807) is 24.5 Å². The Morgan fingerprint density at radius 1 is 0.630 bits per heavy atom. The molecule has 6 aromatic heterocycles. The number of hydrogen-bond donors (Lipinski definition) is 0. The molecule has 8 aromatic rings. The summed E-state index contributed by atoms with van der Waals surface area (Å²) in [5.41, 5.74) is 9.96. The van der Waals surface area contributed by atoms with Crippen LogP contribution in [0.5, 0.6) is 0 Å². The van der Waals surface area contributed by atoms with E-state index in [-0.39, 0.29) is 6.17 Å². The Balaban J connectivity index is 0.000000150. The summed E-state index contributed by atoms with van der Waals surface area (Å²) in [4.78, 5) is 26.0. The molecule has 0 saturated heterocycles. The van der Waals surface area contributed by atoms with Crippen LogP contribution in [0.4, 0.5) is 34.4 Å². The Hall–Kier alpha value is -6.16. The number of fused-ring (bicyclic) bond motifs is 8. The topological polar surface area (TPSA) is 90.8 Å². The highest BCUT2D eigenvalue weighted by molar-refractivity contribution is 6.11. The molecule has 0 fully saturated rings. The Morgan fingerprint density at radius 3 is 1.63 bits per heavy atom. The minimum Gasteiger partial charge on any atom is -0.435 e. The average molecular weight is 721 g/mol. The van der Waals surface area contributed by atoms with Gasteiger partial charge in [0.2, 0.25) is 11.4 Å². The van der Waals surface area contributed by atoms with Gasteiger partial charge in [0.05, 0.1) is 24.1 Å². The number of pyridine rings is 4. The van der Waals surface area contributed by atoms with Crippen LogP contribution in [-0.2, 0) is 0 Å². The van der Waals surface area contributed by atoms with Crippen molar-refractivity contribution in [3.8, 4) is 0 Å². The Labute approximate surface area is 320 Å². The van der Waals surface area contributed by atoms with Gasteiger partial charge < -0.3 is 28.4 Å². The molecule has 54 heavy (non-hydrogen) atoms. The Kier molecular flexibility index (Phi) is 6.77. The fourth-order valence-corrected chi connectivity index (χ4v) is 8.11. The second kappa shape index (κ2) is 12.5. The Bertz CT molecular complexity index is 2720. The van der Waals surface area contributed by atoms with Crippen molar-refractivity contribution in [2.24, 2.45) is 0 Å². The second-order valence-corrected chi connectivity index (χ2v) is 14.4. The van der Waals surface area contributed by atoms with Crippen LogP contribution in [-0.4, -0.2) is 45.3 Å². The standard InChI is InChI=1S/C23H24N4O.C21H20N4O/c1-13(2)26-16(5)27(22-19(26)7-6-12-24-22)20-14(3)8-10-17-18-11-9-15(4)25-23(18)28-21(17)20;1-12-7-9-15-16-10-8-13(2)23-21(16)26-19(15)18(12)25-14(3)24(4)17-6-5-11-22-20(17)25/h6-13,16H,1-5H3;5-11,14H,1-4H3/i13D;4D3. The van der Waals surface area contributed by atoms with E-state index >= 15 is 0 Å². The van der Waals surface area contributed by atoms with Gasteiger partial charge >= 0.3 is 0 Å². The molecule has 0 aliphatic carbocycles. The number of nitrogens with zero attached hydrogens (tertiary/aromatic N) is 8. The smallest absolute Gasteiger partial charge is 0.227 e. The molecular weight excluding hydrogens is 673 g/mol. The first-order chi connectivity index (χ1) is 27.5. The first-order valence-electron chi connectivity index (χ1n) is 20.2. The van der Waals surface area contributed by atoms with E-state index in [0.717, 1.165) is 72.5 Å². The van der Waals surface area contributed by atoms with E-state index in [0.29, 0.717) is 28.5 Å². The van der Waals surface area contributed by atoms with E-state index in [1.165, 1.54) is 4.90 Å².